The molecule has 0 heterocycles. The van der Waals surface area contributed by atoms with Crippen molar-refractivity contribution < 1.29 is 20.1 Å². The molecule has 3 N–H and O–H groups in total. The van der Waals surface area contributed by atoms with E-state index in [0.29, 0.717) is 6.42 Å². The number of aliphatic carboxylic acids is 1. The molecule has 4 heteroatoms. The van der Waals surface area contributed by atoms with Crippen molar-refractivity contribution in [2.45, 2.75) is 57.7 Å². The topological polar surface area (TPSA) is 77.8 Å². The minimum absolute atomic E-state index is 0.201. The molecule has 4 nitrogen and oxygen atoms in total. The lowest BCUT2D eigenvalue weighted by Gasteiger charge is -2.09. The molecular formula is C20H30O4. The van der Waals surface area contributed by atoms with E-state index in [0.717, 1.165) is 25.7 Å². The van der Waals surface area contributed by atoms with Crippen LogP contribution in [-0.4, -0.2) is 33.5 Å². The lowest BCUT2D eigenvalue weighted by atomic mass is 10.1. The Morgan fingerprint density at radius 3 is 2.25 bits per heavy atom. The van der Waals surface area contributed by atoms with Crippen molar-refractivity contribution in [3.63, 3.8) is 0 Å². The van der Waals surface area contributed by atoms with Gasteiger partial charge in [0, 0.05) is 6.42 Å². The molecule has 0 aliphatic heterocycles. The molecule has 0 aliphatic rings. The number of hydrogen-bond acceptors (Lipinski definition) is 3. The average Bonchev–Trinajstić information content (AvgIpc) is 2.55. The van der Waals surface area contributed by atoms with Crippen LogP contribution in [0.4, 0.5) is 0 Å². The Balaban J connectivity index is 3.88. The predicted octanol–water partition coefficient (Wildman–Crippen LogP) is 3.93. The number of aliphatic hydroxyl groups is 2. The van der Waals surface area contributed by atoms with Crippen LogP contribution in [0.3, 0.4) is 0 Å². The molecule has 0 saturated carbocycles. The summed E-state index contributed by atoms with van der Waals surface area (Å²) in [5, 5.41) is 28.0. The van der Waals surface area contributed by atoms with Crippen LogP contribution in [0, 0.1) is 0 Å². The Morgan fingerprint density at radius 1 is 0.875 bits per heavy atom. The van der Waals surface area contributed by atoms with E-state index in [2.05, 4.69) is 13.0 Å². The number of aliphatic hydroxyl groups excluding tert-OH is 2. The quantitative estimate of drug-likeness (QED) is 0.271. The van der Waals surface area contributed by atoms with E-state index in [-0.39, 0.29) is 6.42 Å². The third-order valence-electron chi connectivity index (χ3n) is 3.11. The minimum atomic E-state index is -0.924. The van der Waals surface area contributed by atoms with Crippen molar-refractivity contribution >= 4 is 5.97 Å². The lowest BCUT2D eigenvalue weighted by molar-refractivity contribution is -0.137. The molecule has 134 valence electrons. The molecule has 24 heavy (non-hydrogen) atoms. The molecule has 0 rings (SSSR count). The van der Waals surface area contributed by atoms with Crippen LogP contribution < -0.4 is 0 Å². The summed E-state index contributed by atoms with van der Waals surface area (Å²) in [7, 11) is 0. The molecule has 0 saturated heterocycles. The first-order chi connectivity index (χ1) is 11.6. The molecule has 0 aromatic carbocycles. The van der Waals surface area contributed by atoms with Crippen molar-refractivity contribution in [1.82, 2.24) is 0 Å². The van der Waals surface area contributed by atoms with Crippen molar-refractivity contribution in [1.29, 1.82) is 0 Å². The largest absolute Gasteiger partial charge is 0.481 e. The summed E-state index contributed by atoms with van der Waals surface area (Å²) in [6.07, 6.45) is 20.7. The van der Waals surface area contributed by atoms with Gasteiger partial charge >= 0.3 is 5.97 Å². The van der Waals surface area contributed by atoms with Gasteiger partial charge in [0.05, 0.1) is 0 Å². The zero-order chi connectivity index (χ0) is 18.0. The van der Waals surface area contributed by atoms with Crippen molar-refractivity contribution in [3.05, 3.63) is 60.8 Å². The second kappa shape index (κ2) is 16.0. The maximum absolute atomic E-state index is 10.3. The van der Waals surface area contributed by atoms with Gasteiger partial charge in [0.25, 0.3) is 0 Å². The first-order valence-corrected chi connectivity index (χ1v) is 8.45. The second-order valence-electron chi connectivity index (χ2n) is 5.33. The van der Waals surface area contributed by atoms with E-state index >= 15 is 0 Å². The van der Waals surface area contributed by atoms with Crippen LogP contribution in [0.25, 0.3) is 0 Å². The van der Waals surface area contributed by atoms with Crippen LogP contribution in [-0.2, 0) is 4.79 Å². The molecule has 2 unspecified atom stereocenters. The highest BCUT2D eigenvalue weighted by molar-refractivity contribution is 5.66. The molecule has 2 atom stereocenters. The fourth-order valence-electron chi connectivity index (χ4n) is 1.79. The highest BCUT2D eigenvalue weighted by Gasteiger charge is 2.07. The Labute approximate surface area is 145 Å². The van der Waals surface area contributed by atoms with Crippen LogP contribution >= 0.6 is 0 Å². The van der Waals surface area contributed by atoms with Gasteiger partial charge < -0.3 is 15.3 Å². The van der Waals surface area contributed by atoms with Gasteiger partial charge in [0.1, 0.15) is 12.2 Å². The summed E-state index contributed by atoms with van der Waals surface area (Å²) in [5.41, 5.74) is 0. The van der Waals surface area contributed by atoms with Gasteiger partial charge in [-0.1, -0.05) is 67.7 Å². The van der Waals surface area contributed by atoms with Crippen molar-refractivity contribution in [3.8, 4) is 0 Å². The second-order valence-corrected chi connectivity index (χ2v) is 5.33. The predicted molar refractivity (Wildman–Crippen MR) is 98.7 cm³/mol. The van der Waals surface area contributed by atoms with Gasteiger partial charge in [-0.05, 0) is 32.1 Å². The monoisotopic (exact) mass is 334 g/mol. The van der Waals surface area contributed by atoms with Crippen molar-refractivity contribution in [2.75, 3.05) is 0 Å². The van der Waals surface area contributed by atoms with Crippen molar-refractivity contribution in [2.24, 2.45) is 0 Å². The number of hydrogen-bond donors (Lipinski definition) is 3. The van der Waals surface area contributed by atoms with Crippen LogP contribution in [0.5, 0.6) is 0 Å². The third-order valence-corrected chi connectivity index (χ3v) is 3.11. The number of carboxylic acids is 1. The SMILES string of the molecule is CC/C=C/C/C=C/C(O)C(O)/C=C/C=C/C/C=C/CCCC(=O)O. The van der Waals surface area contributed by atoms with Gasteiger partial charge in [-0.15, -0.1) is 0 Å². The molecule has 0 spiro atoms. The van der Waals surface area contributed by atoms with E-state index < -0.39 is 18.2 Å². The number of allylic oxidation sites excluding steroid dienone is 8. The van der Waals surface area contributed by atoms with Gasteiger partial charge in [-0.2, -0.15) is 0 Å². The molecule has 0 amide bonds. The number of unbranched alkanes of at least 4 members (excludes halogenated alkanes) is 1. The van der Waals surface area contributed by atoms with E-state index in [1.165, 1.54) is 0 Å². The summed E-state index contributed by atoms with van der Waals surface area (Å²) in [6.45, 7) is 2.06. The summed E-state index contributed by atoms with van der Waals surface area (Å²) in [6, 6.07) is 0. The fraction of sp³-hybridized carbons (Fsp3) is 0.450. The molecule has 0 aliphatic carbocycles. The first-order valence-electron chi connectivity index (χ1n) is 8.45. The molecular weight excluding hydrogens is 304 g/mol. The summed E-state index contributed by atoms with van der Waals surface area (Å²) >= 11 is 0. The standard InChI is InChI=1S/C20H30O4/c1-2-3-4-9-12-15-18(21)19(22)16-13-10-7-5-6-8-11-14-17-20(23)24/h3-4,6-8,10,12-13,15-16,18-19,21-22H,2,5,9,11,14,17H2,1H3,(H,23,24)/b4-3+,8-6+,10-7+,15-12+,16-13+. The van der Waals surface area contributed by atoms with Crippen LogP contribution in [0.2, 0.25) is 0 Å². The smallest absolute Gasteiger partial charge is 0.303 e. The summed E-state index contributed by atoms with van der Waals surface area (Å²) < 4.78 is 0. The third kappa shape index (κ3) is 15.0. The highest BCUT2D eigenvalue weighted by Crippen LogP contribution is 2.01. The summed E-state index contributed by atoms with van der Waals surface area (Å²) in [4.78, 5) is 10.3. The first kappa shape index (κ1) is 22.1. The van der Waals surface area contributed by atoms with Gasteiger partial charge in [-0.3, -0.25) is 4.79 Å². The van der Waals surface area contributed by atoms with Gasteiger partial charge in [0.15, 0.2) is 0 Å². The number of carbonyl (C=O) groups is 1. The Bertz CT molecular complexity index is 458. The number of carboxylic acid groups (broad SMARTS) is 1. The molecule has 0 aromatic rings. The fourth-order valence-corrected chi connectivity index (χ4v) is 1.79. The van der Waals surface area contributed by atoms with E-state index in [1.807, 2.05) is 36.5 Å². The molecule has 0 fully saturated rings. The molecule has 0 aromatic heterocycles. The van der Waals surface area contributed by atoms with E-state index in [4.69, 9.17) is 5.11 Å². The van der Waals surface area contributed by atoms with Gasteiger partial charge in [-0.25, -0.2) is 0 Å². The normalized spacial score (nSPS) is 15.5. The van der Waals surface area contributed by atoms with Gasteiger partial charge in [0.2, 0.25) is 0 Å². The maximum atomic E-state index is 10.3. The lowest BCUT2D eigenvalue weighted by Crippen LogP contribution is -2.20. The Hall–Kier alpha value is -1.91. The average molecular weight is 334 g/mol. The molecule has 0 radical (unpaired) electrons. The zero-order valence-corrected chi connectivity index (χ0v) is 14.4. The summed E-state index contributed by atoms with van der Waals surface area (Å²) in [5.74, 6) is -0.763. The number of rotatable bonds is 13. The maximum Gasteiger partial charge on any atom is 0.303 e. The van der Waals surface area contributed by atoms with Crippen LogP contribution in [0.15, 0.2) is 60.8 Å². The minimum Gasteiger partial charge on any atom is -0.481 e. The molecule has 0 bridgehead atoms. The Morgan fingerprint density at radius 2 is 1.54 bits per heavy atom. The van der Waals surface area contributed by atoms with Crippen LogP contribution in [0.1, 0.15) is 45.4 Å². The zero-order valence-electron chi connectivity index (χ0n) is 14.4. The Kier molecular flexibility index (Phi) is 14.7. The van der Waals surface area contributed by atoms with E-state index in [1.54, 1.807) is 18.2 Å². The van der Waals surface area contributed by atoms with E-state index in [9.17, 15) is 15.0 Å². The highest BCUT2D eigenvalue weighted by atomic mass is 16.4.